The summed E-state index contributed by atoms with van der Waals surface area (Å²) in [6, 6.07) is 3.65. The van der Waals surface area contributed by atoms with Crippen LogP contribution in [0.1, 0.15) is 13.3 Å². The number of nitrogens with one attached hydrogen (secondary N) is 1. The molecule has 6 nitrogen and oxygen atoms in total. The fourth-order valence-corrected chi connectivity index (χ4v) is 5.91. The molecule has 0 saturated carbocycles. The highest BCUT2D eigenvalue weighted by molar-refractivity contribution is 7.92. The van der Waals surface area contributed by atoms with Crippen LogP contribution in [0, 0.1) is 0 Å². The molecule has 1 aliphatic heterocycles. The van der Waals surface area contributed by atoms with Crippen molar-refractivity contribution >= 4 is 19.9 Å². The van der Waals surface area contributed by atoms with Gasteiger partial charge in [0.15, 0.2) is 9.84 Å². The average molecular weight is 373 g/mol. The van der Waals surface area contributed by atoms with E-state index in [2.05, 4.69) is 9.46 Å². The topological polar surface area (TPSA) is 89.5 Å². The predicted octanol–water partition coefficient (Wildman–Crippen LogP) is 1.44. The average Bonchev–Trinajstić information content (AvgIpc) is 2.60. The Morgan fingerprint density at radius 2 is 1.78 bits per heavy atom. The quantitative estimate of drug-likeness (QED) is 0.863. The second-order valence-corrected chi connectivity index (χ2v) is 9.39. The summed E-state index contributed by atoms with van der Waals surface area (Å²) in [4.78, 5) is -0.280. The molecule has 0 bridgehead atoms. The molecule has 0 radical (unpaired) electrons. The lowest BCUT2D eigenvalue weighted by molar-refractivity contribution is -0.274. The van der Waals surface area contributed by atoms with E-state index >= 15 is 0 Å². The molecule has 1 aromatic carbocycles. The van der Waals surface area contributed by atoms with E-state index in [0.717, 1.165) is 24.3 Å². The molecule has 130 valence electrons. The zero-order valence-electron chi connectivity index (χ0n) is 11.9. The molecular formula is C12H14F3NO5S2. The van der Waals surface area contributed by atoms with E-state index < -0.39 is 37.5 Å². The fourth-order valence-electron chi connectivity index (χ4n) is 2.29. The second-order valence-electron chi connectivity index (χ2n) is 5.53. The Hall–Kier alpha value is -1.33. The lowest BCUT2D eigenvalue weighted by atomic mass is 10.0. The maximum Gasteiger partial charge on any atom is 0.573 e. The number of halogens is 3. The van der Waals surface area contributed by atoms with Crippen molar-refractivity contribution in [1.29, 1.82) is 0 Å². The summed E-state index contributed by atoms with van der Waals surface area (Å²) in [6.45, 7) is 1.47. The Kier molecular flexibility index (Phi) is 4.41. The molecule has 1 N–H and O–H groups in total. The Labute approximate surface area is 131 Å². The van der Waals surface area contributed by atoms with Gasteiger partial charge in [-0.1, -0.05) is 0 Å². The first kappa shape index (κ1) is 18.0. The van der Waals surface area contributed by atoms with Crippen LogP contribution in [0.3, 0.4) is 0 Å². The van der Waals surface area contributed by atoms with Crippen molar-refractivity contribution in [2.45, 2.75) is 30.1 Å². The highest BCUT2D eigenvalue weighted by Crippen LogP contribution is 2.27. The van der Waals surface area contributed by atoms with Gasteiger partial charge in [0.2, 0.25) is 10.0 Å². The van der Waals surface area contributed by atoms with Crippen LogP contribution in [0.15, 0.2) is 29.2 Å². The van der Waals surface area contributed by atoms with Crippen molar-refractivity contribution in [3.05, 3.63) is 24.3 Å². The minimum atomic E-state index is -4.87. The largest absolute Gasteiger partial charge is 0.573 e. The van der Waals surface area contributed by atoms with Gasteiger partial charge >= 0.3 is 6.36 Å². The molecule has 11 heteroatoms. The van der Waals surface area contributed by atoms with Crippen LogP contribution in [0.4, 0.5) is 13.2 Å². The van der Waals surface area contributed by atoms with E-state index in [1.165, 1.54) is 6.92 Å². The third kappa shape index (κ3) is 4.82. The minimum absolute atomic E-state index is 0.121. The Morgan fingerprint density at radius 3 is 2.22 bits per heavy atom. The molecule has 1 fully saturated rings. The van der Waals surface area contributed by atoms with Gasteiger partial charge in [0.05, 0.1) is 16.4 Å². The first-order valence-electron chi connectivity index (χ1n) is 6.41. The van der Waals surface area contributed by atoms with Crippen molar-refractivity contribution in [2.24, 2.45) is 0 Å². The molecule has 1 aliphatic rings. The van der Waals surface area contributed by atoms with E-state index in [-0.39, 0.29) is 22.8 Å². The molecule has 23 heavy (non-hydrogen) atoms. The molecule has 0 aromatic heterocycles. The predicted molar refractivity (Wildman–Crippen MR) is 75.1 cm³/mol. The third-order valence-corrected chi connectivity index (χ3v) is 6.81. The van der Waals surface area contributed by atoms with Crippen molar-refractivity contribution in [2.75, 3.05) is 11.5 Å². The van der Waals surface area contributed by atoms with Gasteiger partial charge in [0, 0.05) is 5.54 Å². The van der Waals surface area contributed by atoms with E-state index in [9.17, 15) is 30.0 Å². The van der Waals surface area contributed by atoms with Gasteiger partial charge in [0.1, 0.15) is 5.75 Å². The van der Waals surface area contributed by atoms with Gasteiger partial charge in [-0.2, -0.15) is 0 Å². The number of sulfone groups is 1. The molecule has 1 atom stereocenters. The van der Waals surface area contributed by atoms with Crippen LogP contribution in [0.2, 0.25) is 0 Å². The third-order valence-electron chi connectivity index (χ3n) is 3.25. The van der Waals surface area contributed by atoms with Crippen molar-refractivity contribution in [3.63, 3.8) is 0 Å². The lowest BCUT2D eigenvalue weighted by Crippen LogP contribution is -2.46. The van der Waals surface area contributed by atoms with Gasteiger partial charge in [-0.05, 0) is 37.6 Å². The monoisotopic (exact) mass is 373 g/mol. The summed E-state index contributed by atoms with van der Waals surface area (Å²) >= 11 is 0. The van der Waals surface area contributed by atoms with Gasteiger partial charge < -0.3 is 4.74 Å². The van der Waals surface area contributed by atoms with E-state index in [1.807, 2.05) is 0 Å². The summed E-state index contributed by atoms with van der Waals surface area (Å²) in [5.41, 5.74) is -1.14. The first-order chi connectivity index (χ1) is 10.3. The van der Waals surface area contributed by atoms with Crippen LogP contribution in [-0.4, -0.2) is 40.2 Å². The molecular weight excluding hydrogens is 359 g/mol. The zero-order chi connectivity index (χ0) is 17.5. The van der Waals surface area contributed by atoms with Crippen molar-refractivity contribution in [1.82, 2.24) is 4.72 Å². The second kappa shape index (κ2) is 5.64. The summed E-state index contributed by atoms with van der Waals surface area (Å²) in [6.07, 6.45) is -4.74. The summed E-state index contributed by atoms with van der Waals surface area (Å²) in [7, 11) is -7.37. The smallest absolute Gasteiger partial charge is 0.406 e. The Balaban J connectivity index is 2.17. The number of alkyl halides is 3. The molecule has 0 spiro atoms. The first-order valence-corrected chi connectivity index (χ1v) is 9.71. The maximum atomic E-state index is 12.2. The standard InChI is InChI=1S/C12H14F3NO5S2/c1-11(6-7-22(17,18)8-11)16-23(19,20)10-4-2-9(3-5-10)21-12(13,14)15/h2-5,16H,6-8H2,1H3. The zero-order valence-corrected chi connectivity index (χ0v) is 13.6. The molecule has 2 rings (SSSR count). The number of ether oxygens (including phenoxy) is 1. The normalized spacial score (nSPS) is 24.5. The molecule has 1 heterocycles. The van der Waals surface area contributed by atoms with Crippen molar-refractivity contribution in [3.8, 4) is 5.75 Å². The highest BCUT2D eigenvalue weighted by Gasteiger charge is 2.41. The maximum absolute atomic E-state index is 12.2. The van der Waals surface area contributed by atoms with Crippen LogP contribution >= 0.6 is 0 Å². The lowest BCUT2D eigenvalue weighted by Gasteiger charge is -2.23. The number of hydrogen-bond donors (Lipinski definition) is 1. The van der Waals surface area contributed by atoms with Crippen LogP contribution < -0.4 is 9.46 Å². The SMILES string of the molecule is CC1(NS(=O)(=O)c2ccc(OC(F)(F)F)cc2)CCS(=O)(=O)C1. The van der Waals surface area contributed by atoms with Crippen LogP contribution in [0.25, 0.3) is 0 Å². The molecule has 0 amide bonds. The van der Waals surface area contributed by atoms with Gasteiger partial charge in [0.25, 0.3) is 0 Å². The van der Waals surface area contributed by atoms with Gasteiger partial charge in [-0.25, -0.2) is 21.6 Å². The number of hydrogen-bond acceptors (Lipinski definition) is 5. The number of rotatable bonds is 4. The Bertz CT molecular complexity index is 787. The molecule has 1 unspecified atom stereocenters. The minimum Gasteiger partial charge on any atom is -0.406 e. The highest BCUT2D eigenvalue weighted by atomic mass is 32.2. The van der Waals surface area contributed by atoms with E-state index in [0.29, 0.717) is 0 Å². The summed E-state index contributed by atoms with van der Waals surface area (Å²) in [5.74, 6) is -0.995. The fraction of sp³-hybridized carbons (Fsp3) is 0.500. The van der Waals surface area contributed by atoms with Gasteiger partial charge in [-0.15, -0.1) is 13.2 Å². The van der Waals surface area contributed by atoms with Gasteiger partial charge in [-0.3, -0.25) is 0 Å². The number of benzene rings is 1. The molecule has 1 aromatic rings. The van der Waals surface area contributed by atoms with Crippen molar-refractivity contribution < 1.29 is 34.7 Å². The van der Waals surface area contributed by atoms with E-state index in [4.69, 9.17) is 0 Å². The molecule has 1 saturated heterocycles. The summed E-state index contributed by atoms with van der Waals surface area (Å²) < 4.78 is 89.6. The van der Waals surface area contributed by atoms with Crippen LogP contribution in [0.5, 0.6) is 5.75 Å². The molecule has 0 aliphatic carbocycles. The van der Waals surface area contributed by atoms with Crippen LogP contribution in [-0.2, 0) is 19.9 Å². The summed E-state index contributed by atoms with van der Waals surface area (Å²) in [5, 5.41) is 0. The number of sulfonamides is 1. The van der Waals surface area contributed by atoms with E-state index in [1.54, 1.807) is 0 Å². The Morgan fingerprint density at radius 1 is 1.22 bits per heavy atom.